The molecule has 10 nitrogen and oxygen atoms in total. The van der Waals surface area contributed by atoms with Crippen LogP contribution in [0.5, 0.6) is 0 Å². The zero-order chi connectivity index (χ0) is 23.4. The summed E-state index contributed by atoms with van der Waals surface area (Å²) >= 11 is 11.8. The summed E-state index contributed by atoms with van der Waals surface area (Å²) in [6.07, 6.45) is 6.93. The first kappa shape index (κ1) is 23.0. The number of hydrogen-bond donors (Lipinski definition) is 2. The number of anilines is 2. The van der Waals surface area contributed by atoms with Crippen LogP contribution in [0.15, 0.2) is 55.2 Å². The van der Waals surface area contributed by atoms with Crippen molar-refractivity contribution in [2.45, 2.75) is 5.21 Å². The number of rotatable bonds is 8. The van der Waals surface area contributed by atoms with Gasteiger partial charge in [0.15, 0.2) is 0 Å². The maximum atomic E-state index is 10.9. The van der Waals surface area contributed by atoms with Gasteiger partial charge in [0, 0.05) is 0 Å². The minimum atomic E-state index is -0.691. The normalized spacial score (nSPS) is 11.2. The number of nitrogen functional groups attached to an aromatic ring is 1. The van der Waals surface area contributed by atoms with E-state index in [9.17, 15) is 10.1 Å². The summed E-state index contributed by atoms with van der Waals surface area (Å²) in [5.74, 6) is 0.360. The summed E-state index contributed by atoms with van der Waals surface area (Å²) in [6.45, 7) is 0.605. The number of imidazole rings is 1. The average Bonchev–Trinajstić information content (AvgIpc) is 3.31. The van der Waals surface area contributed by atoms with Gasteiger partial charge in [-0.2, -0.15) is 0 Å². The second kappa shape index (κ2) is 10.2. The van der Waals surface area contributed by atoms with Crippen molar-refractivity contribution in [3.63, 3.8) is 0 Å². The standard InChI is InChI=1S/C20H17AsCl2N8O2/c22-12-1-2-13(14(23)9-12)18-16(30-8-7-25-11-30)10-27-20(29-18)21-5-6-26-17-4-3-15(31(32)33)19(24)28-17/h1-4,7-11,21H,5-6H2,(H3,24,26,28). The Hall–Kier alpha value is -3.20. The van der Waals surface area contributed by atoms with Crippen molar-refractivity contribution in [3.8, 4) is 16.9 Å². The van der Waals surface area contributed by atoms with Crippen LogP contribution < -0.4 is 15.7 Å². The van der Waals surface area contributed by atoms with E-state index in [2.05, 4.69) is 20.3 Å². The molecule has 1 atom stereocenters. The van der Waals surface area contributed by atoms with Crippen LogP contribution in [0.2, 0.25) is 15.3 Å². The Morgan fingerprint density at radius 1 is 1.21 bits per heavy atom. The molecule has 0 saturated heterocycles. The van der Waals surface area contributed by atoms with E-state index in [1.165, 1.54) is 12.1 Å². The van der Waals surface area contributed by atoms with Crippen molar-refractivity contribution < 1.29 is 4.92 Å². The number of hydrogen-bond acceptors (Lipinski definition) is 8. The van der Waals surface area contributed by atoms with E-state index in [1.807, 2.05) is 16.8 Å². The first-order valence-corrected chi connectivity index (χ1v) is 12.9. The minimum absolute atomic E-state index is 0.121. The van der Waals surface area contributed by atoms with Crippen LogP contribution in [0.4, 0.5) is 17.3 Å². The monoisotopic (exact) mass is 546 g/mol. The molecule has 4 rings (SSSR count). The fraction of sp³-hybridized carbons (Fsp3) is 0.100. The van der Waals surface area contributed by atoms with Gasteiger partial charge in [-0.1, -0.05) is 0 Å². The average molecular weight is 547 g/mol. The molecule has 13 heteroatoms. The summed E-state index contributed by atoms with van der Waals surface area (Å²) in [4.78, 5) is 27.8. The molecule has 33 heavy (non-hydrogen) atoms. The molecule has 0 fully saturated rings. The summed E-state index contributed by atoms with van der Waals surface area (Å²) in [6, 6.07) is 8.16. The Kier molecular flexibility index (Phi) is 7.07. The number of aromatic nitrogens is 5. The molecule has 0 aliphatic carbocycles. The van der Waals surface area contributed by atoms with Gasteiger partial charge in [0.25, 0.3) is 0 Å². The second-order valence-electron chi connectivity index (χ2n) is 6.73. The van der Waals surface area contributed by atoms with E-state index in [1.54, 1.807) is 30.9 Å². The third kappa shape index (κ3) is 5.42. The van der Waals surface area contributed by atoms with Crippen molar-refractivity contribution in [1.82, 2.24) is 24.5 Å². The molecule has 3 N–H and O–H groups in total. The van der Waals surface area contributed by atoms with Crippen LogP contribution in [0.25, 0.3) is 16.9 Å². The van der Waals surface area contributed by atoms with Crippen LogP contribution in [-0.4, -0.2) is 51.7 Å². The zero-order valence-corrected chi connectivity index (χ0v) is 20.6. The molecule has 1 aromatic carbocycles. The molecular weight excluding hydrogens is 530 g/mol. The van der Waals surface area contributed by atoms with Crippen molar-refractivity contribution in [1.29, 1.82) is 0 Å². The maximum absolute atomic E-state index is 10.9. The van der Waals surface area contributed by atoms with Gasteiger partial charge < -0.3 is 0 Å². The van der Waals surface area contributed by atoms with Gasteiger partial charge >= 0.3 is 205 Å². The number of benzene rings is 1. The van der Waals surface area contributed by atoms with Crippen LogP contribution >= 0.6 is 23.2 Å². The van der Waals surface area contributed by atoms with E-state index >= 15 is 0 Å². The quantitative estimate of drug-likeness (QED) is 0.149. The molecule has 0 bridgehead atoms. The van der Waals surface area contributed by atoms with E-state index in [4.69, 9.17) is 33.9 Å². The molecule has 0 amide bonds. The second-order valence-corrected chi connectivity index (χ2v) is 10.3. The van der Waals surface area contributed by atoms with Crippen LogP contribution in [0.3, 0.4) is 0 Å². The SMILES string of the molecule is Nc1nc(NCC[AsH]c2ncc(-n3ccnc3)c(-c3ccc(Cl)cc3Cl)n2)ccc1[N+](=O)[O-]. The molecule has 0 radical (unpaired) electrons. The third-order valence-corrected chi connectivity index (χ3v) is 7.32. The van der Waals surface area contributed by atoms with Crippen LogP contribution in [0, 0.1) is 10.1 Å². The van der Waals surface area contributed by atoms with Gasteiger partial charge in [-0.25, -0.2) is 0 Å². The molecule has 3 heterocycles. The summed E-state index contributed by atoms with van der Waals surface area (Å²) in [7, 11) is 0. The Balaban J connectivity index is 1.49. The summed E-state index contributed by atoms with van der Waals surface area (Å²) < 4.78 is 2.59. The number of halogens is 2. The van der Waals surface area contributed by atoms with E-state index < -0.39 is 20.7 Å². The van der Waals surface area contributed by atoms with E-state index in [-0.39, 0.29) is 11.5 Å². The molecule has 1 unspecified atom stereocenters. The fourth-order valence-corrected chi connectivity index (χ4v) is 5.24. The topological polar surface area (TPSA) is 138 Å². The number of nitro groups is 1. The third-order valence-electron chi connectivity index (χ3n) is 4.55. The van der Waals surface area contributed by atoms with Crippen LogP contribution in [-0.2, 0) is 0 Å². The van der Waals surface area contributed by atoms with Gasteiger partial charge in [0.1, 0.15) is 0 Å². The number of pyridine rings is 1. The molecule has 0 saturated carbocycles. The van der Waals surface area contributed by atoms with E-state index in [0.29, 0.717) is 28.1 Å². The Bertz CT molecular complexity index is 1300. The molecule has 3 aromatic heterocycles. The van der Waals surface area contributed by atoms with Gasteiger partial charge in [-0.3, -0.25) is 0 Å². The number of nitrogens with two attached hydrogens (primary N) is 1. The Labute approximate surface area is 205 Å². The Morgan fingerprint density at radius 3 is 2.76 bits per heavy atom. The molecule has 0 aliphatic rings. The van der Waals surface area contributed by atoms with E-state index in [0.717, 1.165) is 21.1 Å². The van der Waals surface area contributed by atoms with Crippen molar-refractivity contribution in [2.24, 2.45) is 0 Å². The number of nitrogens with one attached hydrogen (secondary N) is 1. The van der Waals surface area contributed by atoms with Gasteiger partial charge in [0.2, 0.25) is 0 Å². The first-order valence-electron chi connectivity index (χ1n) is 9.62. The number of nitrogens with zero attached hydrogens (tertiary/aromatic N) is 6. The molecule has 4 aromatic rings. The predicted octanol–water partition coefficient (Wildman–Crippen LogP) is 3.11. The Morgan fingerprint density at radius 2 is 2.06 bits per heavy atom. The predicted molar refractivity (Wildman–Crippen MR) is 130 cm³/mol. The van der Waals surface area contributed by atoms with Gasteiger partial charge in [-0.15, -0.1) is 0 Å². The molecule has 0 spiro atoms. The van der Waals surface area contributed by atoms with Crippen LogP contribution in [0.1, 0.15) is 0 Å². The first-order chi connectivity index (χ1) is 15.9. The molecule has 0 aliphatic heterocycles. The van der Waals surface area contributed by atoms with Crippen molar-refractivity contribution in [2.75, 3.05) is 17.6 Å². The van der Waals surface area contributed by atoms with Crippen molar-refractivity contribution in [3.05, 3.63) is 75.4 Å². The van der Waals surface area contributed by atoms with Gasteiger partial charge in [0.05, 0.1) is 0 Å². The molecule has 168 valence electrons. The van der Waals surface area contributed by atoms with Crippen molar-refractivity contribution >= 4 is 60.9 Å². The summed E-state index contributed by atoms with van der Waals surface area (Å²) in [5, 5.41) is 15.8. The van der Waals surface area contributed by atoms with Gasteiger partial charge in [-0.05, 0) is 0 Å². The zero-order valence-electron chi connectivity index (χ0n) is 16.9. The molecular formula is C20H17AsCl2N8O2. The fourth-order valence-electron chi connectivity index (χ4n) is 3.02. The summed E-state index contributed by atoms with van der Waals surface area (Å²) in [5.41, 5.74) is 7.63.